The van der Waals surface area contributed by atoms with Gasteiger partial charge < -0.3 is 15.3 Å². The van der Waals surface area contributed by atoms with Crippen LogP contribution in [0.2, 0.25) is 0 Å². The average Bonchev–Trinajstić information content (AvgIpc) is 2.76. The summed E-state index contributed by atoms with van der Waals surface area (Å²) < 4.78 is 2.02. The Morgan fingerprint density at radius 1 is 1.57 bits per heavy atom. The lowest BCUT2D eigenvalue weighted by atomic mass is 10.3. The third kappa shape index (κ3) is 1.56. The maximum absolute atomic E-state index is 5.50. The maximum Gasteiger partial charge on any atom is 0.110 e. The quantitative estimate of drug-likeness (QED) is 0.756. The van der Waals surface area contributed by atoms with E-state index in [9.17, 15) is 0 Å². The third-order valence-electron chi connectivity index (χ3n) is 2.21. The van der Waals surface area contributed by atoms with Crippen LogP contribution in [0.4, 0.5) is 0 Å². The van der Waals surface area contributed by atoms with Gasteiger partial charge >= 0.3 is 0 Å². The molecule has 0 aliphatic carbocycles. The second kappa shape index (κ2) is 3.67. The number of nitrogens with two attached hydrogens (primary N) is 1. The van der Waals surface area contributed by atoms with Crippen LogP contribution in [0.25, 0.3) is 11.4 Å². The SMILES string of the molecule is Cn1cc(-c2ccc[nH]2)nc1CCN. The van der Waals surface area contributed by atoms with Crippen molar-refractivity contribution in [2.45, 2.75) is 6.42 Å². The highest BCUT2D eigenvalue weighted by Gasteiger charge is 2.06. The zero-order valence-corrected chi connectivity index (χ0v) is 8.20. The van der Waals surface area contributed by atoms with Crippen molar-refractivity contribution < 1.29 is 0 Å². The van der Waals surface area contributed by atoms with Crippen LogP contribution in [-0.4, -0.2) is 21.1 Å². The van der Waals surface area contributed by atoms with E-state index in [1.54, 1.807) is 0 Å². The summed E-state index contributed by atoms with van der Waals surface area (Å²) in [6.45, 7) is 0.634. The minimum atomic E-state index is 0.634. The Kier molecular flexibility index (Phi) is 2.37. The van der Waals surface area contributed by atoms with Gasteiger partial charge in [-0.25, -0.2) is 4.98 Å². The molecule has 0 radical (unpaired) electrons. The van der Waals surface area contributed by atoms with E-state index in [-0.39, 0.29) is 0 Å². The largest absolute Gasteiger partial charge is 0.360 e. The zero-order valence-electron chi connectivity index (χ0n) is 8.20. The highest BCUT2D eigenvalue weighted by atomic mass is 15.1. The summed E-state index contributed by atoms with van der Waals surface area (Å²) in [5, 5.41) is 0. The monoisotopic (exact) mass is 190 g/mol. The summed E-state index contributed by atoms with van der Waals surface area (Å²) in [4.78, 5) is 7.62. The number of nitrogens with one attached hydrogen (secondary N) is 1. The van der Waals surface area contributed by atoms with Gasteiger partial charge in [0.25, 0.3) is 0 Å². The van der Waals surface area contributed by atoms with Crippen molar-refractivity contribution in [3.05, 3.63) is 30.4 Å². The van der Waals surface area contributed by atoms with Crippen molar-refractivity contribution in [2.75, 3.05) is 6.54 Å². The first-order valence-corrected chi connectivity index (χ1v) is 4.67. The van der Waals surface area contributed by atoms with E-state index in [4.69, 9.17) is 5.73 Å². The van der Waals surface area contributed by atoms with E-state index >= 15 is 0 Å². The van der Waals surface area contributed by atoms with Crippen molar-refractivity contribution >= 4 is 0 Å². The number of rotatable bonds is 3. The van der Waals surface area contributed by atoms with Crippen molar-refractivity contribution in [1.82, 2.24) is 14.5 Å². The van der Waals surface area contributed by atoms with Gasteiger partial charge in [0, 0.05) is 25.9 Å². The van der Waals surface area contributed by atoms with Crippen LogP contribution in [0, 0.1) is 0 Å². The Labute approximate surface area is 82.8 Å². The van der Waals surface area contributed by atoms with Gasteiger partial charge in [-0.1, -0.05) is 0 Å². The summed E-state index contributed by atoms with van der Waals surface area (Å²) in [6.07, 6.45) is 4.72. The van der Waals surface area contributed by atoms with Gasteiger partial charge in [-0.3, -0.25) is 0 Å². The van der Waals surface area contributed by atoms with Gasteiger partial charge in [-0.2, -0.15) is 0 Å². The molecular weight excluding hydrogens is 176 g/mol. The first kappa shape index (κ1) is 9.02. The Balaban J connectivity index is 2.33. The van der Waals surface area contributed by atoms with Crippen molar-refractivity contribution in [2.24, 2.45) is 12.8 Å². The second-order valence-electron chi connectivity index (χ2n) is 3.28. The minimum absolute atomic E-state index is 0.634. The number of H-pyrrole nitrogens is 1. The van der Waals surface area contributed by atoms with Gasteiger partial charge in [0.2, 0.25) is 0 Å². The summed E-state index contributed by atoms with van der Waals surface area (Å²) in [6, 6.07) is 3.97. The van der Waals surface area contributed by atoms with Crippen LogP contribution in [0.3, 0.4) is 0 Å². The highest BCUT2D eigenvalue weighted by molar-refractivity contribution is 5.53. The maximum atomic E-state index is 5.50. The molecule has 3 N–H and O–H groups in total. The number of imidazole rings is 1. The molecule has 0 amide bonds. The van der Waals surface area contributed by atoms with Gasteiger partial charge in [0.15, 0.2) is 0 Å². The van der Waals surface area contributed by atoms with E-state index in [1.807, 2.05) is 36.1 Å². The van der Waals surface area contributed by atoms with E-state index in [0.717, 1.165) is 23.6 Å². The highest BCUT2D eigenvalue weighted by Crippen LogP contribution is 2.15. The summed E-state index contributed by atoms with van der Waals surface area (Å²) >= 11 is 0. The van der Waals surface area contributed by atoms with Crippen LogP contribution in [0.1, 0.15) is 5.82 Å². The molecule has 2 aromatic rings. The molecule has 0 saturated heterocycles. The molecular formula is C10H14N4. The minimum Gasteiger partial charge on any atom is -0.360 e. The molecule has 0 aliphatic heterocycles. The molecule has 0 unspecified atom stereocenters. The molecule has 2 aromatic heterocycles. The first-order chi connectivity index (χ1) is 6.81. The van der Waals surface area contributed by atoms with Gasteiger partial charge in [0.1, 0.15) is 11.5 Å². The summed E-state index contributed by atoms with van der Waals surface area (Å²) in [5.74, 6) is 1.03. The molecule has 0 spiro atoms. The third-order valence-corrected chi connectivity index (χ3v) is 2.21. The number of nitrogens with zero attached hydrogens (tertiary/aromatic N) is 2. The smallest absolute Gasteiger partial charge is 0.110 e. The van der Waals surface area contributed by atoms with Crippen LogP contribution in [0.5, 0.6) is 0 Å². The number of aromatic nitrogens is 3. The predicted octanol–water partition coefficient (Wildman–Crippen LogP) is 0.916. The van der Waals surface area contributed by atoms with Gasteiger partial charge in [-0.15, -0.1) is 0 Å². The molecule has 74 valence electrons. The molecule has 4 nitrogen and oxygen atoms in total. The molecule has 4 heteroatoms. The Morgan fingerprint density at radius 3 is 3.07 bits per heavy atom. The lowest BCUT2D eigenvalue weighted by molar-refractivity contribution is 0.778. The van der Waals surface area contributed by atoms with E-state index in [2.05, 4.69) is 9.97 Å². The van der Waals surface area contributed by atoms with Crippen molar-refractivity contribution in [3.63, 3.8) is 0 Å². The Hall–Kier alpha value is -1.55. The van der Waals surface area contributed by atoms with E-state index < -0.39 is 0 Å². The van der Waals surface area contributed by atoms with Crippen molar-refractivity contribution in [3.8, 4) is 11.4 Å². The number of aromatic amines is 1. The van der Waals surface area contributed by atoms with Crippen LogP contribution in [-0.2, 0) is 13.5 Å². The van der Waals surface area contributed by atoms with E-state index in [1.165, 1.54) is 0 Å². The average molecular weight is 190 g/mol. The zero-order chi connectivity index (χ0) is 9.97. The molecule has 0 atom stereocenters. The standard InChI is InChI=1S/C10H14N4/c1-14-7-9(8-3-2-6-12-8)13-10(14)4-5-11/h2-3,6-7,12H,4-5,11H2,1H3. The Bertz CT molecular complexity index is 400. The molecule has 14 heavy (non-hydrogen) atoms. The van der Waals surface area contributed by atoms with E-state index in [0.29, 0.717) is 6.54 Å². The summed E-state index contributed by atoms with van der Waals surface area (Å²) in [7, 11) is 1.99. The topological polar surface area (TPSA) is 59.6 Å². The van der Waals surface area contributed by atoms with Crippen LogP contribution >= 0.6 is 0 Å². The fraction of sp³-hybridized carbons (Fsp3) is 0.300. The fourth-order valence-corrected chi connectivity index (χ4v) is 1.49. The fourth-order valence-electron chi connectivity index (χ4n) is 1.49. The number of hydrogen-bond donors (Lipinski definition) is 2. The lowest BCUT2D eigenvalue weighted by Crippen LogP contribution is -2.07. The van der Waals surface area contributed by atoms with Gasteiger partial charge in [0.05, 0.1) is 5.69 Å². The first-order valence-electron chi connectivity index (χ1n) is 4.67. The lowest BCUT2D eigenvalue weighted by Gasteiger charge is -1.95. The second-order valence-corrected chi connectivity index (χ2v) is 3.28. The van der Waals surface area contributed by atoms with Crippen molar-refractivity contribution in [1.29, 1.82) is 0 Å². The summed E-state index contributed by atoms with van der Waals surface area (Å²) in [5.41, 5.74) is 7.51. The molecule has 2 rings (SSSR count). The molecule has 0 bridgehead atoms. The predicted molar refractivity (Wildman–Crippen MR) is 55.8 cm³/mol. The molecule has 2 heterocycles. The molecule has 0 aromatic carbocycles. The van der Waals surface area contributed by atoms with Crippen LogP contribution in [0.15, 0.2) is 24.5 Å². The van der Waals surface area contributed by atoms with Gasteiger partial charge in [-0.05, 0) is 18.7 Å². The molecule has 0 saturated carbocycles. The van der Waals surface area contributed by atoms with Crippen LogP contribution < -0.4 is 5.73 Å². The molecule has 0 aliphatic rings. The molecule has 0 fully saturated rings. The Morgan fingerprint density at radius 2 is 2.43 bits per heavy atom. The number of hydrogen-bond acceptors (Lipinski definition) is 2. The normalized spacial score (nSPS) is 10.7. The number of aryl methyl sites for hydroxylation is 1.